The Kier molecular flexibility index (Phi) is 4.33. The van der Waals surface area contributed by atoms with Gasteiger partial charge in [-0.3, -0.25) is 4.79 Å². The Hall–Kier alpha value is -1.96. The average molecular weight is 270 g/mol. The van der Waals surface area contributed by atoms with Crippen LogP contribution in [0.5, 0.6) is 0 Å². The third-order valence-electron chi connectivity index (χ3n) is 3.29. The third-order valence-corrected chi connectivity index (χ3v) is 3.29. The lowest BCUT2D eigenvalue weighted by Crippen LogP contribution is -2.04. The SMILES string of the molecule is Cc1cc(F)ccc1C(=O)c1ccc(CC(C)C)cc1. The fourth-order valence-corrected chi connectivity index (χ4v) is 2.30. The molecule has 0 spiro atoms. The molecule has 2 aromatic carbocycles. The first-order chi connectivity index (χ1) is 9.47. The van der Waals surface area contributed by atoms with E-state index >= 15 is 0 Å². The van der Waals surface area contributed by atoms with Crippen molar-refractivity contribution in [1.82, 2.24) is 0 Å². The number of aryl methyl sites for hydroxylation is 1. The van der Waals surface area contributed by atoms with Gasteiger partial charge in [0.25, 0.3) is 0 Å². The van der Waals surface area contributed by atoms with Gasteiger partial charge in [0.2, 0.25) is 0 Å². The van der Waals surface area contributed by atoms with E-state index in [0.717, 1.165) is 6.42 Å². The Bertz CT molecular complexity index is 612. The van der Waals surface area contributed by atoms with Crippen LogP contribution in [0.1, 0.15) is 40.9 Å². The van der Waals surface area contributed by atoms with Gasteiger partial charge in [-0.1, -0.05) is 38.1 Å². The molecule has 2 aromatic rings. The van der Waals surface area contributed by atoms with Crippen LogP contribution in [0.4, 0.5) is 4.39 Å². The van der Waals surface area contributed by atoms with Crippen molar-refractivity contribution in [1.29, 1.82) is 0 Å². The zero-order valence-electron chi connectivity index (χ0n) is 12.1. The first-order valence-electron chi connectivity index (χ1n) is 6.87. The van der Waals surface area contributed by atoms with E-state index in [2.05, 4.69) is 13.8 Å². The van der Waals surface area contributed by atoms with Gasteiger partial charge in [0.05, 0.1) is 0 Å². The third kappa shape index (κ3) is 3.32. The van der Waals surface area contributed by atoms with E-state index in [-0.39, 0.29) is 11.6 Å². The van der Waals surface area contributed by atoms with Crippen LogP contribution in [0.2, 0.25) is 0 Å². The molecule has 0 heterocycles. The van der Waals surface area contributed by atoms with E-state index in [0.29, 0.717) is 22.6 Å². The highest BCUT2D eigenvalue weighted by molar-refractivity contribution is 6.09. The number of halogens is 1. The molecule has 0 unspecified atom stereocenters. The number of carbonyl (C=O) groups is 1. The second-order valence-corrected chi connectivity index (χ2v) is 5.58. The van der Waals surface area contributed by atoms with Gasteiger partial charge in [-0.05, 0) is 48.6 Å². The minimum atomic E-state index is -0.314. The summed E-state index contributed by atoms with van der Waals surface area (Å²) in [5.41, 5.74) is 3.10. The van der Waals surface area contributed by atoms with E-state index in [1.807, 2.05) is 24.3 Å². The summed E-state index contributed by atoms with van der Waals surface area (Å²) in [6.45, 7) is 6.09. The predicted molar refractivity (Wildman–Crippen MR) is 79.6 cm³/mol. The van der Waals surface area contributed by atoms with Gasteiger partial charge in [-0.25, -0.2) is 4.39 Å². The number of carbonyl (C=O) groups excluding carboxylic acids is 1. The number of hydrogen-bond acceptors (Lipinski definition) is 1. The van der Waals surface area contributed by atoms with E-state index < -0.39 is 0 Å². The summed E-state index contributed by atoms with van der Waals surface area (Å²) in [4.78, 5) is 12.4. The topological polar surface area (TPSA) is 17.1 Å². The second kappa shape index (κ2) is 6.00. The zero-order valence-corrected chi connectivity index (χ0v) is 12.1. The van der Waals surface area contributed by atoms with Crippen LogP contribution in [0, 0.1) is 18.7 Å². The van der Waals surface area contributed by atoms with Gasteiger partial charge in [0, 0.05) is 11.1 Å². The molecule has 0 fully saturated rings. The molecule has 0 saturated heterocycles. The number of hydrogen-bond donors (Lipinski definition) is 0. The van der Waals surface area contributed by atoms with Crippen molar-refractivity contribution in [2.75, 3.05) is 0 Å². The van der Waals surface area contributed by atoms with Crippen LogP contribution in [0.15, 0.2) is 42.5 Å². The van der Waals surface area contributed by atoms with Crippen molar-refractivity contribution in [3.8, 4) is 0 Å². The summed E-state index contributed by atoms with van der Waals surface area (Å²) in [6, 6.07) is 12.0. The summed E-state index contributed by atoms with van der Waals surface area (Å²) in [5.74, 6) is 0.223. The monoisotopic (exact) mass is 270 g/mol. The van der Waals surface area contributed by atoms with E-state index in [4.69, 9.17) is 0 Å². The van der Waals surface area contributed by atoms with Crippen LogP contribution in [0.25, 0.3) is 0 Å². The Labute approximate surface area is 119 Å². The summed E-state index contributed by atoms with van der Waals surface area (Å²) in [6.07, 6.45) is 1.00. The van der Waals surface area contributed by atoms with E-state index in [1.54, 1.807) is 13.0 Å². The number of benzene rings is 2. The molecule has 0 N–H and O–H groups in total. The molecule has 0 aliphatic heterocycles. The summed E-state index contributed by atoms with van der Waals surface area (Å²) < 4.78 is 13.1. The smallest absolute Gasteiger partial charge is 0.193 e. The van der Waals surface area contributed by atoms with E-state index in [9.17, 15) is 9.18 Å². The fraction of sp³-hybridized carbons (Fsp3) is 0.278. The molecule has 20 heavy (non-hydrogen) atoms. The minimum absolute atomic E-state index is 0.0569. The van der Waals surface area contributed by atoms with Gasteiger partial charge >= 0.3 is 0 Å². The Balaban J connectivity index is 2.25. The molecule has 0 amide bonds. The Morgan fingerprint density at radius 2 is 1.75 bits per heavy atom. The van der Waals surface area contributed by atoms with Crippen molar-refractivity contribution in [2.24, 2.45) is 5.92 Å². The molecule has 0 atom stereocenters. The summed E-state index contributed by atoms with van der Waals surface area (Å²) in [7, 11) is 0. The highest BCUT2D eigenvalue weighted by Crippen LogP contribution is 2.17. The number of ketones is 1. The van der Waals surface area contributed by atoms with Crippen LogP contribution in [0.3, 0.4) is 0 Å². The van der Waals surface area contributed by atoms with Crippen molar-refractivity contribution in [2.45, 2.75) is 27.2 Å². The lowest BCUT2D eigenvalue weighted by Gasteiger charge is -2.08. The molecule has 1 nitrogen and oxygen atoms in total. The molecule has 104 valence electrons. The Morgan fingerprint density at radius 3 is 2.30 bits per heavy atom. The van der Waals surface area contributed by atoms with Gasteiger partial charge in [-0.15, -0.1) is 0 Å². The number of rotatable bonds is 4. The van der Waals surface area contributed by atoms with Crippen molar-refractivity contribution in [3.05, 3.63) is 70.5 Å². The van der Waals surface area contributed by atoms with Gasteiger partial charge in [0.15, 0.2) is 5.78 Å². The summed E-state index contributed by atoms with van der Waals surface area (Å²) >= 11 is 0. The first kappa shape index (κ1) is 14.4. The maximum atomic E-state index is 13.1. The normalized spacial score (nSPS) is 10.8. The van der Waals surface area contributed by atoms with Crippen LogP contribution >= 0.6 is 0 Å². The standard InChI is InChI=1S/C18H19FO/c1-12(2)10-14-4-6-15(7-5-14)18(20)17-9-8-16(19)11-13(17)3/h4-9,11-12H,10H2,1-3H3. The van der Waals surface area contributed by atoms with Crippen LogP contribution in [-0.4, -0.2) is 5.78 Å². The Morgan fingerprint density at radius 1 is 1.10 bits per heavy atom. The molecule has 0 aliphatic rings. The largest absolute Gasteiger partial charge is 0.289 e. The minimum Gasteiger partial charge on any atom is -0.289 e. The highest BCUT2D eigenvalue weighted by Gasteiger charge is 2.12. The maximum Gasteiger partial charge on any atom is 0.193 e. The van der Waals surface area contributed by atoms with Gasteiger partial charge in [-0.2, -0.15) is 0 Å². The molecule has 0 aliphatic carbocycles. The maximum absolute atomic E-state index is 13.1. The molecule has 2 heteroatoms. The molecule has 0 saturated carbocycles. The molecule has 0 aromatic heterocycles. The molecule has 0 bridgehead atoms. The van der Waals surface area contributed by atoms with Crippen LogP contribution in [-0.2, 0) is 6.42 Å². The highest BCUT2D eigenvalue weighted by atomic mass is 19.1. The summed E-state index contributed by atoms with van der Waals surface area (Å²) in [5, 5.41) is 0. The van der Waals surface area contributed by atoms with Crippen molar-refractivity contribution >= 4 is 5.78 Å². The lowest BCUT2D eigenvalue weighted by atomic mass is 9.96. The predicted octanol–water partition coefficient (Wildman–Crippen LogP) is 4.56. The second-order valence-electron chi connectivity index (χ2n) is 5.58. The van der Waals surface area contributed by atoms with Gasteiger partial charge in [0.1, 0.15) is 5.82 Å². The first-order valence-corrected chi connectivity index (χ1v) is 6.87. The zero-order chi connectivity index (χ0) is 14.7. The fourth-order valence-electron chi connectivity index (χ4n) is 2.30. The lowest BCUT2D eigenvalue weighted by molar-refractivity contribution is 0.103. The van der Waals surface area contributed by atoms with Gasteiger partial charge < -0.3 is 0 Å². The molecular weight excluding hydrogens is 251 g/mol. The quantitative estimate of drug-likeness (QED) is 0.744. The van der Waals surface area contributed by atoms with Crippen molar-refractivity contribution in [3.63, 3.8) is 0 Å². The van der Waals surface area contributed by atoms with Crippen molar-refractivity contribution < 1.29 is 9.18 Å². The molecule has 0 radical (unpaired) electrons. The molecular formula is C18H19FO. The molecule has 2 rings (SSSR count). The van der Waals surface area contributed by atoms with Crippen LogP contribution < -0.4 is 0 Å². The van der Waals surface area contributed by atoms with E-state index in [1.165, 1.54) is 17.7 Å². The average Bonchev–Trinajstić information content (AvgIpc) is 2.38.